The Morgan fingerprint density at radius 1 is 1.42 bits per heavy atom. The van der Waals surface area contributed by atoms with Crippen molar-refractivity contribution >= 4 is 26.0 Å². The van der Waals surface area contributed by atoms with E-state index in [2.05, 4.69) is 30.6 Å². The Hall–Kier alpha value is -1.18. The molecule has 0 aliphatic carbocycles. The number of benzene rings is 1. The summed E-state index contributed by atoms with van der Waals surface area (Å²) in [5.74, 6) is 0.576. The van der Waals surface area contributed by atoms with Crippen LogP contribution in [-0.4, -0.2) is 18.4 Å². The summed E-state index contributed by atoms with van der Waals surface area (Å²) in [4.78, 5) is 7.14. The number of aromatic nitrogens is 2. The van der Waals surface area contributed by atoms with Crippen LogP contribution in [0.1, 0.15) is 24.4 Å². The largest absolute Gasteiger partial charge is 0.347 e. The van der Waals surface area contributed by atoms with E-state index in [-0.39, 0.29) is 4.90 Å². The van der Waals surface area contributed by atoms with Gasteiger partial charge in [-0.15, -0.1) is 0 Å². The quantitative estimate of drug-likeness (QED) is 0.895. The number of imidazole rings is 1. The molecule has 0 saturated carbocycles. The Labute approximate surface area is 120 Å². The lowest BCUT2D eigenvalue weighted by molar-refractivity contribution is 0.560. The molecule has 0 saturated heterocycles. The van der Waals surface area contributed by atoms with Crippen molar-refractivity contribution in [2.75, 3.05) is 0 Å². The van der Waals surface area contributed by atoms with Crippen LogP contribution in [0.5, 0.6) is 0 Å². The van der Waals surface area contributed by atoms with Gasteiger partial charge in [0.25, 0.3) is 0 Å². The predicted molar refractivity (Wildman–Crippen MR) is 76.2 cm³/mol. The van der Waals surface area contributed by atoms with Crippen LogP contribution in [0, 0.1) is 6.92 Å². The summed E-state index contributed by atoms with van der Waals surface area (Å²) in [7, 11) is -3.59. The highest BCUT2D eigenvalue weighted by atomic mass is 79.9. The van der Waals surface area contributed by atoms with E-state index in [0.717, 1.165) is 5.56 Å². The molecule has 2 aromatic rings. The molecule has 0 spiro atoms. The number of H-pyrrole nitrogens is 1. The van der Waals surface area contributed by atoms with Crippen molar-refractivity contribution in [2.45, 2.75) is 24.8 Å². The topological polar surface area (TPSA) is 74.8 Å². The lowest BCUT2D eigenvalue weighted by Crippen LogP contribution is -2.27. The Bertz CT molecular complexity index is 668. The molecule has 0 amide bonds. The fourth-order valence-electron chi connectivity index (χ4n) is 1.69. The SMILES string of the molecule is Cc1ccc(S(=O)(=O)NC(C)c2ncc[nH]2)c(Br)c1. The number of nitrogens with one attached hydrogen (secondary N) is 2. The van der Waals surface area contributed by atoms with Gasteiger partial charge >= 0.3 is 0 Å². The van der Waals surface area contributed by atoms with E-state index in [0.29, 0.717) is 10.3 Å². The number of hydrogen-bond donors (Lipinski definition) is 2. The third-order valence-electron chi connectivity index (χ3n) is 2.64. The molecule has 102 valence electrons. The smallest absolute Gasteiger partial charge is 0.242 e. The van der Waals surface area contributed by atoms with Crippen LogP contribution in [0.25, 0.3) is 0 Å². The van der Waals surface area contributed by atoms with Crippen molar-refractivity contribution in [3.63, 3.8) is 0 Å². The van der Waals surface area contributed by atoms with E-state index in [1.165, 1.54) is 0 Å². The maximum absolute atomic E-state index is 12.3. The second kappa shape index (κ2) is 5.44. The number of aromatic amines is 1. The standard InChI is InChI=1S/C12H14BrN3O2S/c1-8-3-4-11(10(13)7-8)19(17,18)16-9(2)12-14-5-6-15-12/h3-7,9,16H,1-2H3,(H,14,15). The third kappa shape index (κ3) is 3.23. The third-order valence-corrected chi connectivity index (χ3v) is 5.16. The number of hydrogen-bond acceptors (Lipinski definition) is 3. The number of sulfonamides is 1. The molecule has 0 radical (unpaired) electrons. The molecule has 1 unspecified atom stereocenters. The van der Waals surface area contributed by atoms with Crippen molar-refractivity contribution < 1.29 is 8.42 Å². The van der Waals surface area contributed by atoms with Crippen molar-refractivity contribution in [3.8, 4) is 0 Å². The molecule has 7 heteroatoms. The van der Waals surface area contributed by atoms with E-state index < -0.39 is 16.1 Å². The minimum atomic E-state index is -3.59. The molecule has 2 rings (SSSR count). The highest BCUT2D eigenvalue weighted by Gasteiger charge is 2.21. The van der Waals surface area contributed by atoms with Gasteiger partial charge in [-0.2, -0.15) is 0 Å². The fourth-order valence-corrected chi connectivity index (χ4v) is 4.09. The van der Waals surface area contributed by atoms with Gasteiger partial charge in [-0.05, 0) is 47.5 Å². The number of rotatable bonds is 4. The summed E-state index contributed by atoms with van der Waals surface area (Å²) < 4.78 is 27.7. The van der Waals surface area contributed by atoms with Gasteiger partial charge in [0.1, 0.15) is 5.82 Å². The Balaban J connectivity index is 2.28. The number of aryl methyl sites for hydroxylation is 1. The van der Waals surface area contributed by atoms with Crippen molar-refractivity contribution in [1.82, 2.24) is 14.7 Å². The molecule has 1 heterocycles. The van der Waals surface area contributed by atoms with Gasteiger partial charge in [0.15, 0.2) is 0 Å². The lowest BCUT2D eigenvalue weighted by Gasteiger charge is -2.13. The average Bonchev–Trinajstić information content (AvgIpc) is 2.80. The highest BCUT2D eigenvalue weighted by molar-refractivity contribution is 9.10. The molecule has 1 atom stereocenters. The summed E-state index contributed by atoms with van der Waals surface area (Å²) in [5, 5.41) is 0. The van der Waals surface area contributed by atoms with Gasteiger partial charge in [0, 0.05) is 16.9 Å². The number of nitrogens with zero attached hydrogens (tertiary/aromatic N) is 1. The molecule has 2 N–H and O–H groups in total. The molecule has 0 fully saturated rings. The second-order valence-corrected chi connectivity index (χ2v) is 6.79. The molecular formula is C12H14BrN3O2S. The molecule has 0 aliphatic rings. The predicted octanol–water partition coefficient (Wildman–Crippen LogP) is 2.52. The maximum atomic E-state index is 12.3. The van der Waals surface area contributed by atoms with Gasteiger partial charge in [-0.1, -0.05) is 6.07 Å². The highest BCUT2D eigenvalue weighted by Crippen LogP contribution is 2.24. The zero-order chi connectivity index (χ0) is 14.0. The summed E-state index contributed by atoms with van der Waals surface area (Å²) in [6, 6.07) is 4.69. The van der Waals surface area contributed by atoms with E-state index >= 15 is 0 Å². The van der Waals surface area contributed by atoms with Gasteiger partial charge in [0.05, 0.1) is 10.9 Å². The van der Waals surface area contributed by atoms with Crippen molar-refractivity contribution in [2.24, 2.45) is 0 Å². The van der Waals surface area contributed by atoms with Gasteiger partial charge in [-0.3, -0.25) is 0 Å². The molecule has 5 nitrogen and oxygen atoms in total. The summed E-state index contributed by atoms with van der Waals surface area (Å²) in [6.07, 6.45) is 3.24. The normalized spacial score (nSPS) is 13.4. The zero-order valence-corrected chi connectivity index (χ0v) is 12.9. The molecule has 0 bridgehead atoms. The first-order chi connectivity index (χ1) is 8.90. The summed E-state index contributed by atoms with van der Waals surface area (Å²) in [6.45, 7) is 3.64. The van der Waals surface area contributed by atoms with Crippen LogP contribution in [0.4, 0.5) is 0 Å². The second-order valence-electron chi connectivity index (χ2n) is 4.25. The minimum absolute atomic E-state index is 0.219. The molecule has 1 aromatic carbocycles. The van der Waals surface area contributed by atoms with Crippen LogP contribution in [-0.2, 0) is 10.0 Å². The first-order valence-corrected chi connectivity index (χ1v) is 7.95. The summed E-state index contributed by atoms with van der Waals surface area (Å²) in [5.41, 5.74) is 0.991. The number of halogens is 1. The van der Waals surface area contributed by atoms with Crippen molar-refractivity contribution in [3.05, 3.63) is 46.5 Å². The van der Waals surface area contributed by atoms with E-state index in [4.69, 9.17) is 0 Å². The molecule has 19 heavy (non-hydrogen) atoms. The van der Waals surface area contributed by atoms with Crippen LogP contribution in [0.3, 0.4) is 0 Å². The van der Waals surface area contributed by atoms with Crippen LogP contribution < -0.4 is 4.72 Å². The zero-order valence-electron chi connectivity index (χ0n) is 10.5. The van der Waals surface area contributed by atoms with E-state index in [9.17, 15) is 8.42 Å². The molecular weight excluding hydrogens is 330 g/mol. The Kier molecular flexibility index (Phi) is 4.07. The van der Waals surface area contributed by atoms with Crippen LogP contribution in [0.2, 0.25) is 0 Å². The van der Waals surface area contributed by atoms with E-state index in [1.54, 1.807) is 37.5 Å². The van der Waals surface area contributed by atoms with Gasteiger partial charge in [-0.25, -0.2) is 18.1 Å². The maximum Gasteiger partial charge on any atom is 0.242 e. The van der Waals surface area contributed by atoms with Gasteiger partial charge in [0.2, 0.25) is 10.0 Å². The van der Waals surface area contributed by atoms with Crippen molar-refractivity contribution in [1.29, 1.82) is 0 Å². The Morgan fingerprint density at radius 2 is 2.16 bits per heavy atom. The minimum Gasteiger partial charge on any atom is -0.347 e. The van der Waals surface area contributed by atoms with Crippen LogP contribution in [0.15, 0.2) is 40.0 Å². The monoisotopic (exact) mass is 343 g/mol. The lowest BCUT2D eigenvalue weighted by atomic mass is 10.2. The van der Waals surface area contributed by atoms with Crippen LogP contribution >= 0.6 is 15.9 Å². The summed E-state index contributed by atoms with van der Waals surface area (Å²) >= 11 is 3.28. The van der Waals surface area contributed by atoms with E-state index in [1.807, 2.05) is 6.92 Å². The first-order valence-electron chi connectivity index (χ1n) is 5.68. The Morgan fingerprint density at radius 3 is 2.74 bits per heavy atom. The molecule has 1 aromatic heterocycles. The molecule has 0 aliphatic heterocycles. The van der Waals surface area contributed by atoms with Gasteiger partial charge < -0.3 is 4.98 Å². The average molecular weight is 344 g/mol. The first kappa shape index (κ1) is 14.2. The fraction of sp³-hybridized carbons (Fsp3) is 0.250.